The van der Waals surface area contributed by atoms with Gasteiger partial charge >= 0.3 is 5.97 Å². The highest BCUT2D eigenvalue weighted by Gasteiger charge is 2.27. The van der Waals surface area contributed by atoms with Crippen molar-refractivity contribution >= 4 is 5.97 Å². The van der Waals surface area contributed by atoms with Gasteiger partial charge in [-0.2, -0.15) is 0 Å². The Labute approximate surface area is 185 Å². The number of hydrogen-bond donors (Lipinski definition) is 0. The van der Waals surface area contributed by atoms with Gasteiger partial charge in [0.2, 0.25) is 0 Å². The summed E-state index contributed by atoms with van der Waals surface area (Å²) in [5.41, 5.74) is 1.43. The first-order chi connectivity index (χ1) is 14.7. The molecule has 1 aromatic carbocycles. The van der Waals surface area contributed by atoms with Gasteiger partial charge in [-0.05, 0) is 86.8 Å². The molecular weight excluding hydrogens is 368 g/mol. The molecule has 0 aliphatic heterocycles. The lowest BCUT2D eigenvalue weighted by molar-refractivity contribution is -0.140. The fourth-order valence-electron chi connectivity index (χ4n) is 5.65. The minimum absolute atomic E-state index is 0.00993. The van der Waals surface area contributed by atoms with Gasteiger partial charge in [0.25, 0.3) is 0 Å². The first-order valence-electron chi connectivity index (χ1n) is 13.0. The number of unbranched alkanes of at least 4 members (excludes halogenated alkanes) is 3. The molecule has 0 radical (unpaired) electrons. The van der Waals surface area contributed by atoms with E-state index < -0.39 is 0 Å². The Hall–Kier alpha value is -1.31. The van der Waals surface area contributed by atoms with Crippen LogP contribution in [0.15, 0.2) is 24.3 Å². The Morgan fingerprint density at radius 2 is 1.33 bits per heavy atom. The van der Waals surface area contributed by atoms with Crippen molar-refractivity contribution in [3.8, 4) is 5.75 Å². The Morgan fingerprint density at radius 1 is 0.767 bits per heavy atom. The summed E-state index contributed by atoms with van der Waals surface area (Å²) in [6.07, 6.45) is 19.3. The average molecular weight is 413 g/mol. The zero-order valence-electron chi connectivity index (χ0n) is 19.5. The van der Waals surface area contributed by atoms with E-state index in [-0.39, 0.29) is 11.9 Å². The van der Waals surface area contributed by atoms with Gasteiger partial charge in [-0.1, -0.05) is 70.9 Å². The molecule has 0 aromatic heterocycles. The molecule has 0 unspecified atom stereocenters. The monoisotopic (exact) mass is 412 g/mol. The quantitative estimate of drug-likeness (QED) is 0.219. The van der Waals surface area contributed by atoms with Crippen LogP contribution in [-0.4, -0.2) is 5.97 Å². The molecular formula is C28H44O2. The van der Waals surface area contributed by atoms with Gasteiger partial charge in [0.1, 0.15) is 5.75 Å². The SMILES string of the molecule is CCCCCC1CCC(c2ccc(OC(=O)C3CCC(CCCC)CC3)cc2)CC1. The summed E-state index contributed by atoms with van der Waals surface area (Å²) in [5.74, 6) is 3.29. The molecule has 0 bridgehead atoms. The molecule has 0 spiro atoms. The normalized spacial score (nSPS) is 27.0. The molecule has 0 heterocycles. The van der Waals surface area contributed by atoms with E-state index in [1.807, 2.05) is 12.1 Å². The summed E-state index contributed by atoms with van der Waals surface area (Å²) in [4.78, 5) is 12.6. The zero-order valence-corrected chi connectivity index (χ0v) is 19.5. The molecule has 3 rings (SSSR count). The van der Waals surface area contributed by atoms with Crippen molar-refractivity contribution in [1.29, 1.82) is 0 Å². The van der Waals surface area contributed by atoms with Crippen LogP contribution in [0.2, 0.25) is 0 Å². The predicted molar refractivity (Wildman–Crippen MR) is 126 cm³/mol. The van der Waals surface area contributed by atoms with Crippen LogP contribution in [0, 0.1) is 17.8 Å². The fourth-order valence-corrected chi connectivity index (χ4v) is 5.65. The van der Waals surface area contributed by atoms with E-state index in [0.29, 0.717) is 5.92 Å². The largest absolute Gasteiger partial charge is 0.426 e. The third kappa shape index (κ3) is 7.13. The van der Waals surface area contributed by atoms with Crippen molar-refractivity contribution in [2.75, 3.05) is 0 Å². The zero-order chi connectivity index (χ0) is 21.2. The predicted octanol–water partition coefficient (Wildman–Crippen LogP) is 8.44. The van der Waals surface area contributed by atoms with Crippen molar-refractivity contribution in [3.05, 3.63) is 29.8 Å². The highest BCUT2D eigenvalue weighted by atomic mass is 16.5. The Kier molecular flexibility index (Phi) is 9.75. The highest BCUT2D eigenvalue weighted by molar-refractivity contribution is 5.75. The maximum absolute atomic E-state index is 12.6. The van der Waals surface area contributed by atoms with Crippen LogP contribution in [-0.2, 0) is 4.79 Å². The number of carbonyl (C=O) groups is 1. The smallest absolute Gasteiger partial charge is 0.314 e. The molecule has 2 aliphatic rings. The van der Waals surface area contributed by atoms with E-state index in [1.165, 1.54) is 89.0 Å². The molecule has 168 valence electrons. The molecule has 0 saturated heterocycles. The van der Waals surface area contributed by atoms with Crippen molar-refractivity contribution in [2.24, 2.45) is 17.8 Å². The molecule has 1 aromatic rings. The van der Waals surface area contributed by atoms with E-state index in [4.69, 9.17) is 4.74 Å². The number of esters is 1. The van der Waals surface area contributed by atoms with E-state index in [9.17, 15) is 4.79 Å². The van der Waals surface area contributed by atoms with Crippen LogP contribution >= 0.6 is 0 Å². The molecule has 2 nitrogen and oxygen atoms in total. The van der Waals surface area contributed by atoms with Crippen molar-refractivity contribution < 1.29 is 9.53 Å². The Balaban J connectivity index is 1.40. The van der Waals surface area contributed by atoms with E-state index in [1.54, 1.807) is 0 Å². The van der Waals surface area contributed by atoms with Crippen molar-refractivity contribution in [1.82, 2.24) is 0 Å². The standard InChI is InChI=1S/C28H44O2/c1-3-5-7-9-23-10-14-24(15-11-23)25-18-20-27(21-19-25)30-28(29)26-16-12-22(13-17-26)8-6-4-2/h18-24,26H,3-17H2,1-2H3. The molecule has 2 aliphatic carbocycles. The lowest BCUT2D eigenvalue weighted by atomic mass is 9.77. The average Bonchev–Trinajstić information content (AvgIpc) is 2.79. The second-order valence-corrected chi connectivity index (χ2v) is 10.1. The van der Waals surface area contributed by atoms with Gasteiger partial charge in [-0.3, -0.25) is 4.79 Å². The van der Waals surface area contributed by atoms with E-state index in [0.717, 1.165) is 30.4 Å². The lowest BCUT2D eigenvalue weighted by Gasteiger charge is -2.29. The fraction of sp³-hybridized carbons (Fsp3) is 0.750. The Morgan fingerprint density at radius 3 is 1.93 bits per heavy atom. The molecule has 0 N–H and O–H groups in total. The first-order valence-corrected chi connectivity index (χ1v) is 13.0. The van der Waals surface area contributed by atoms with Crippen LogP contribution in [0.4, 0.5) is 0 Å². The van der Waals surface area contributed by atoms with Crippen LogP contribution < -0.4 is 4.74 Å². The van der Waals surface area contributed by atoms with Gasteiger partial charge in [0.15, 0.2) is 0 Å². The maximum atomic E-state index is 12.6. The van der Waals surface area contributed by atoms with Crippen LogP contribution in [0.5, 0.6) is 5.75 Å². The molecule has 0 atom stereocenters. The van der Waals surface area contributed by atoms with Crippen molar-refractivity contribution in [3.63, 3.8) is 0 Å². The number of rotatable bonds is 10. The summed E-state index contributed by atoms with van der Waals surface area (Å²) < 4.78 is 5.75. The van der Waals surface area contributed by atoms with E-state index >= 15 is 0 Å². The number of ether oxygens (including phenoxy) is 1. The molecule has 0 amide bonds. The lowest BCUT2D eigenvalue weighted by Crippen LogP contribution is -2.25. The molecule has 2 saturated carbocycles. The van der Waals surface area contributed by atoms with Gasteiger partial charge in [-0.15, -0.1) is 0 Å². The minimum atomic E-state index is -0.00993. The topological polar surface area (TPSA) is 26.3 Å². The molecule has 30 heavy (non-hydrogen) atoms. The second kappa shape index (κ2) is 12.5. The number of benzene rings is 1. The maximum Gasteiger partial charge on any atom is 0.314 e. The third-order valence-corrected chi connectivity index (χ3v) is 7.78. The van der Waals surface area contributed by atoms with Crippen LogP contribution in [0.25, 0.3) is 0 Å². The van der Waals surface area contributed by atoms with Crippen LogP contribution in [0.1, 0.15) is 122 Å². The Bertz CT molecular complexity index is 604. The highest BCUT2D eigenvalue weighted by Crippen LogP contribution is 2.38. The molecule has 2 heteroatoms. The van der Waals surface area contributed by atoms with Gasteiger partial charge < -0.3 is 4.74 Å². The first kappa shape index (κ1) is 23.4. The third-order valence-electron chi connectivity index (χ3n) is 7.78. The summed E-state index contributed by atoms with van der Waals surface area (Å²) in [7, 11) is 0. The summed E-state index contributed by atoms with van der Waals surface area (Å²) in [6.45, 7) is 4.55. The summed E-state index contributed by atoms with van der Waals surface area (Å²) in [6, 6.07) is 8.44. The summed E-state index contributed by atoms with van der Waals surface area (Å²) >= 11 is 0. The van der Waals surface area contributed by atoms with E-state index in [2.05, 4.69) is 26.0 Å². The number of hydrogen-bond acceptors (Lipinski definition) is 2. The van der Waals surface area contributed by atoms with Crippen molar-refractivity contribution in [2.45, 2.75) is 116 Å². The van der Waals surface area contributed by atoms with Gasteiger partial charge in [-0.25, -0.2) is 0 Å². The second-order valence-electron chi connectivity index (χ2n) is 10.1. The number of carbonyl (C=O) groups excluding carboxylic acids is 1. The minimum Gasteiger partial charge on any atom is -0.426 e. The summed E-state index contributed by atoms with van der Waals surface area (Å²) in [5, 5.41) is 0. The molecule has 2 fully saturated rings. The van der Waals surface area contributed by atoms with Gasteiger partial charge in [0.05, 0.1) is 5.92 Å². The van der Waals surface area contributed by atoms with Crippen LogP contribution in [0.3, 0.4) is 0 Å². The van der Waals surface area contributed by atoms with Gasteiger partial charge in [0, 0.05) is 0 Å².